The zero-order valence-electron chi connectivity index (χ0n) is 18.2. The molecule has 0 spiro atoms. The highest BCUT2D eigenvalue weighted by atomic mass is 16.5. The monoisotopic (exact) mass is 385 g/mol. The lowest BCUT2D eigenvalue weighted by molar-refractivity contribution is 0.259. The molecule has 0 bridgehead atoms. The van der Waals surface area contributed by atoms with E-state index in [1.54, 1.807) is 7.11 Å². The molecule has 1 heterocycles. The molecule has 28 heavy (non-hydrogen) atoms. The Labute approximate surface area is 171 Å². The maximum absolute atomic E-state index is 5.43. The summed E-state index contributed by atoms with van der Waals surface area (Å²) in [5.74, 6) is 0.877. The Bertz CT molecular complexity index is 666. The fraction of sp³-hybridized carbons (Fsp3) is 0.625. The van der Waals surface area contributed by atoms with Gasteiger partial charge in [-0.05, 0) is 57.5 Å². The number of unbranched alkanes of at least 4 members (excludes halogenated alkanes) is 5. The summed E-state index contributed by atoms with van der Waals surface area (Å²) in [6, 6.07) is 8.14. The number of aromatic nitrogens is 1. The first-order valence-electron chi connectivity index (χ1n) is 11.2. The number of hydrogen-bond donors (Lipinski definition) is 1. The second-order valence-corrected chi connectivity index (χ2v) is 7.64. The molecule has 0 radical (unpaired) electrons. The number of pyridine rings is 1. The third-order valence-electron chi connectivity index (χ3n) is 5.29. The van der Waals surface area contributed by atoms with Crippen molar-refractivity contribution in [2.24, 2.45) is 0 Å². The molecule has 0 unspecified atom stereocenters. The van der Waals surface area contributed by atoms with Crippen molar-refractivity contribution < 1.29 is 4.74 Å². The molecule has 1 aromatic heterocycles. The van der Waals surface area contributed by atoms with Crippen molar-refractivity contribution >= 4 is 16.6 Å². The lowest BCUT2D eigenvalue weighted by atomic mass is 10.1. The number of nitrogens with zero attached hydrogens (tertiary/aromatic N) is 2. The molecule has 4 heteroatoms. The van der Waals surface area contributed by atoms with Crippen LogP contribution in [-0.2, 0) is 0 Å². The number of methoxy groups -OCH3 is 1. The SMILES string of the molecule is CCCCN(CCCC)CCCCCCNc1cc(OC)cc2cccnc12. The van der Waals surface area contributed by atoms with E-state index >= 15 is 0 Å². The Morgan fingerprint density at radius 1 is 0.929 bits per heavy atom. The smallest absolute Gasteiger partial charge is 0.121 e. The molecule has 156 valence electrons. The van der Waals surface area contributed by atoms with Gasteiger partial charge in [-0.1, -0.05) is 45.6 Å². The van der Waals surface area contributed by atoms with E-state index in [0.29, 0.717) is 0 Å². The summed E-state index contributed by atoms with van der Waals surface area (Å²) in [6.07, 6.45) is 12.2. The summed E-state index contributed by atoms with van der Waals surface area (Å²) in [5, 5.41) is 4.68. The number of anilines is 1. The van der Waals surface area contributed by atoms with Crippen LogP contribution in [0.15, 0.2) is 30.5 Å². The summed E-state index contributed by atoms with van der Waals surface area (Å²) < 4.78 is 5.43. The van der Waals surface area contributed by atoms with E-state index in [2.05, 4.69) is 41.2 Å². The number of fused-ring (bicyclic) bond motifs is 1. The first kappa shape index (κ1) is 22.5. The normalized spacial score (nSPS) is 11.3. The van der Waals surface area contributed by atoms with Crippen molar-refractivity contribution in [1.29, 1.82) is 0 Å². The van der Waals surface area contributed by atoms with Crippen molar-refractivity contribution in [3.63, 3.8) is 0 Å². The quantitative estimate of drug-likeness (QED) is 0.375. The average molecular weight is 386 g/mol. The van der Waals surface area contributed by atoms with Crippen LogP contribution >= 0.6 is 0 Å². The van der Waals surface area contributed by atoms with E-state index in [4.69, 9.17) is 4.74 Å². The molecule has 1 aromatic carbocycles. The van der Waals surface area contributed by atoms with Crippen LogP contribution in [0.3, 0.4) is 0 Å². The van der Waals surface area contributed by atoms with E-state index in [9.17, 15) is 0 Å². The van der Waals surface area contributed by atoms with Crippen LogP contribution in [-0.4, -0.2) is 43.2 Å². The maximum Gasteiger partial charge on any atom is 0.121 e. The Hall–Kier alpha value is -1.81. The van der Waals surface area contributed by atoms with Gasteiger partial charge in [0.2, 0.25) is 0 Å². The zero-order valence-corrected chi connectivity index (χ0v) is 18.2. The van der Waals surface area contributed by atoms with Crippen LogP contribution in [0.4, 0.5) is 5.69 Å². The van der Waals surface area contributed by atoms with E-state index in [-0.39, 0.29) is 0 Å². The van der Waals surface area contributed by atoms with E-state index in [1.807, 2.05) is 18.3 Å². The Kier molecular flexibility index (Phi) is 10.7. The van der Waals surface area contributed by atoms with Gasteiger partial charge in [-0.2, -0.15) is 0 Å². The van der Waals surface area contributed by atoms with Gasteiger partial charge in [0.15, 0.2) is 0 Å². The number of benzene rings is 1. The molecule has 0 aliphatic rings. The summed E-state index contributed by atoms with van der Waals surface area (Å²) in [7, 11) is 1.71. The summed E-state index contributed by atoms with van der Waals surface area (Å²) in [4.78, 5) is 7.20. The van der Waals surface area contributed by atoms with Crippen molar-refractivity contribution in [2.75, 3.05) is 38.6 Å². The lowest BCUT2D eigenvalue weighted by Gasteiger charge is -2.21. The highest BCUT2D eigenvalue weighted by Gasteiger charge is 2.06. The lowest BCUT2D eigenvalue weighted by Crippen LogP contribution is -2.27. The molecule has 0 aliphatic heterocycles. The van der Waals surface area contributed by atoms with Gasteiger partial charge >= 0.3 is 0 Å². The van der Waals surface area contributed by atoms with Gasteiger partial charge in [0.1, 0.15) is 5.75 Å². The summed E-state index contributed by atoms with van der Waals surface area (Å²) in [5.41, 5.74) is 2.09. The van der Waals surface area contributed by atoms with E-state index in [0.717, 1.165) is 28.9 Å². The predicted octanol–water partition coefficient (Wildman–Crippen LogP) is 6.12. The minimum atomic E-state index is 0.877. The zero-order chi connectivity index (χ0) is 20.0. The third-order valence-corrected chi connectivity index (χ3v) is 5.29. The number of nitrogens with one attached hydrogen (secondary N) is 1. The van der Waals surface area contributed by atoms with Crippen LogP contribution in [0.2, 0.25) is 0 Å². The molecular weight excluding hydrogens is 346 g/mol. The van der Waals surface area contributed by atoms with Gasteiger partial charge in [0.05, 0.1) is 18.3 Å². The van der Waals surface area contributed by atoms with Gasteiger partial charge in [-0.25, -0.2) is 0 Å². The van der Waals surface area contributed by atoms with Gasteiger partial charge < -0.3 is 15.0 Å². The number of hydrogen-bond acceptors (Lipinski definition) is 4. The molecule has 0 aliphatic carbocycles. The van der Waals surface area contributed by atoms with E-state index < -0.39 is 0 Å². The fourth-order valence-electron chi connectivity index (χ4n) is 3.55. The molecular formula is C24H39N3O. The van der Waals surface area contributed by atoms with Crippen LogP contribution in [0.1, 0.15) is 65.2 Å². The number of rotatable bonds is 15. The highest BCUT2D eigenvalue weighted by molar-refractivity contribution is 5.91. The number of ether oxygens (including phenoxy) is 1. The molecule has 2 rings (SSSR count). The van der Waals surface area contributed by atoms with Gasteiger partial charge in [0.25, 0.3) is 0 Å². The van der Waals surface area contributed by atoms with Crippen LogP contribution in [0, 0.1) is 0 Å². The third kappa shape index (κ3) is 7.67. The van der Waals surface area contributed by atoms with Crippen LogP contribution < -0.4 is 10.1 Å². The Balaban J connectivity index is 1.69. The van der Waals surface area contributed by atoms with Crippen molar-refractivity contribution in [3.05, 3.63) is 30.5 Å². The van der Waals surface area contributed by atoms with Gasteiger partial charge in [-0.15, -0.1) is 0 Å². The van der Waals surface area contributed by atoms with Crippen LogP contribution in [0.25, 0.3) is 10.9 Å². The first-order chi connectivity index (χ1) is 13.8. The van der Waals surface area contributed by atoms with Gasteiger partial charge in [0, 0.05) is 24.2 Å². The van der Waals surface area contributed by atoms with Crippen molar-refractivity contribution in [3.8, 4) is 5.75 Å². The van der Waals surface area contributed by atoms with Crippen molar-refractivity contribution in [1.82, 2.24) is 9.88 Å². The molecule has 0 fully saturated rings. The topological polar surface area (TPSA) is 37.4 Å². The fourth-order valence-corrected chi connectivity index (χ4v) is 3.55. The summed E-state index contributed by atoms with van der Waals surface area (Å²) in [6.45, 7) is 9.35. The largest absolute Gasteiger partial charge is 0.497 e. The Morgan fingerprint density at radius 3 is 2.36 bits per heavy atom. The molecule has 4 nitrogen and oxygen atoms in total. The second-order valence-electron chi connectivity index (χ2n) is 7.64. The maximum atomic E-state index is 5.43. The summed E-state index contributed by atoms with van der Waals surface area (Å²) >= 11 is 0. The molecule has 2 aromatic rings. The average Bonchev–Trinajstić information content (AvgIpc) is 2.73. The highest BCUT2D eigenvalue weighted by Crippen LogP contribution is 2.27. The minimum absolute atomic E-state index is 0.877. The second kappa shape index (κ2) is 13.4. The van der Waals surface area contributed by atoms with Crippen LogP contribution in [0.5, 0.6) is 5.75 Å². The minimum Gasteiger partial charge on any atom is -0.497 e. The molecule has 0 amide bonds. The molecule has 0 saturated heterocycles. The Morgan fingerprint density at radius 2 is 1.64 bits per heavy atom. The molecule has 0 atom stereocenters. The molecule has 1 N–H and O–H groups in total. The van der Waals surface area contributed by atoms with E-state index in [1.165, 1.54) is 71.0 Å². The predicted molar refractivity (Wildman–Crippen MR) is 122 cm³/mol. The van der Waals surface area contributed by atoms with Crippen molar-refractivity contribution in [2.45, 2.75) is 65.2 Å². The first-order valence-corrected chi connectivity index (χ1v) is 11.2. The molecule has 0 saturated carbocycles. The van der Waals surface area contributed by atoms with Gasteiger partial charge in [-0.3, -0.25) is 4.98 Å². The standard InChI is InChI=1S/C24H39N3O/c1-4-6-16-27(17-7-5-2)18-11-9-8-10-14-25-23-20-22(28-3)19-21-13-12-15-26-24(21)23/h12-13,15,19-20,25H,4-11,14,16-18H2,1-3H3.